The first-order valence-corrected chi connectivity index (χ1v) is 5.77. The van der Waals surface area contributed by atoms with Crippen LogP contribution in [0.4, 0.5) is 0 Å². The van der Waals surface area contributed by atoms with Gasteiger partial charge in [0.1, 0.15) is 6.04 Å². The van der Waals surface area contributed by atoms with Crippen LogP contribution in [0.15, 0.2) is 30.3 Å². The van der Waals surface area contributed by atoms with Gasteiger partial charge < -0.3 is 15.6 Å². The molecule has 0 aliphatic carbocycles. The molecule has 0 heterocycles. The van der Waals surface area contributed by atoms with Crippen LogP contribution < -0.4 is 5.73 Å². The largest absolute Gasteiger partial charge is 0.389 e. The molecule has 1 aromatic rings. The molecule has 0 bridgehead atoms. The lowest BCUT2D eigenvalue weighted by Gasteiger charge is -2.27. The van der Waals surface area contributed by atoms with E-state index in [-0.39, 0.29) is 6.61 Å². The number of amides is 1. The summed E-state index contributed by atoms with van der Waals surface area (Å²) in [4.78, 5) is 13.3. The van der Waals surface area contributed by atoms with Crippen molar-refractivity contribution in [3.8, 4) is 0 Å². The van der Waals surface area contributed by atoms with E-state index in [1.807, 2.05) is 30.3 Å². The standard InChI is InChI=1S/C13H20N2O3/c1-15(8-11(16)9-18-2)12(13(14)17)10-6-4-3-5-7-10/h3-7,11-12,16H,8-9H2,1-2H3,(H2,14,17). The zero-order valence-electron chi connectivity index (χ0n) is 10.7. The third kappa shape index (κ3) is 4.10. The Morgan fingerprint density at radius 1 is 1.44 bits per heavy atom. The normalized spacial score (nSPS) is 14.4. The quantitative estimate of drug-likeness (QED) is 0.724. The Bertz CT molecular complexity index is 370. The van der Waals surface area contributed by atoms with Crippen molar-refractivity contribution in [3.05, 3.63) is 35.9 Å². The molecular weight excluding hydrogens is 232 g/mol. The molecule has 0 aliphatic heterocycles. The molecule has 5 nitrogen and oxygen atoms in total. The van der Waals surface area contributed by atoms with Crippen LogP contribution in [-0.2, 0) is 9.53 Å². The molecule has 1 rings (SSSR count). The highest BCUT2D eigenvalue weighted by atomic mass is 16.5. The SMILES string of the molecule is COCC(O)CN(C)C(C(N)=O)c1ccccc1. The summed E-state index contributed by atoms with van der Waals surface area (Å²) in [5.41, 5.74) is 6.24. The van der Waals surface area contributed by atoms with Crippen molar-refractivity contribution in [2.24, 2.45) is 5.73 Å². The summed E-state index contributed by atoms with van der Waals surface area (Å²) >= 11 is 0. The molecule has 0 fully saturated rings. The van der Waals surface area contributed by atoms with Crippen LogP contribution in [0.2, 0.25) is 0 Å². The number of likely N-dealkylation sites (N-methyl/N-ethyl adjacent to an activating group) is 1. The van der Waals surface area contributed by atoms with E-state index < -0.39 is 18.1 Å². The summed E-state index contributed by atoms with van der Waals surface area (Å²) in [5, 5.41) is 9.68. The van der Waals surface area contributed by atoms with Gasteiger partial charge in [-0.15, -0.1) is 0 Å². The average molecular weight is 252 g/mol. The number of methoxy groups -OCH3 is 1. The number of rotatable bonds is 7. The van der Waals surface area contributed by atoms with E-state index in [1.165, 1.54) is 7.11 Å². The summed E-state index contributed by atoms with van der Waals surface area (Å²) in [6.45, 7) is 0.543. The number of aliphatic hydroxyl groups excluding tert-OH is 1. The van der Waals surface area contributed by atoms with Crippen LogP contribution >= 0.6 is 0 Å². The van der Waals surface area contributed by atoms with Crippen molar-refractivity contribution < 1.29 is 14.6 Å². The molecule has 5 heteroatoms. The third-order valence-corrected chi connectivity index (χ3v) is 2.68. The topological polar surface area (TPSA) is 75.8 Å². The lowest BCUT2D eigenvalue weighted by atomic mass is 10.0. The van der Waals surface area contributed by atoms with Crippen molar-refractivity contribution in [2.45, 2.75) is 12.1 Å². The van der Waals surface area contributed by atoms with Gasteiger partial charge in [0.2, 0.25) is 5.91 Å². The second kappa shape index (κ2) is 7.10. The number of nitrogens with zero attached hydrogens (tertiary/aromatic N) is 1. The van der Waals surface area contributed by atoms with Crippen molar-refractivity contribution in [2.75, 3.05) is 27.3 Å². The number of nitrogens with two attached hydrogens (primary N) is 1. The summed E-state index contributed by atoms with van der Waals surface area (Å²) in [6, 6.07) is 8.72. The highest BCUT2D eigenvalue weighted by Crippen LogP contribution is 2.18. The Kier molecular flexibility index (Phi) is 5.77. The highest BCUT2D eigenvalue weighted by Gasteiger charge is 2.24. The van der Waals surface area contributed by atoms with Crippen LogP contribution in [0.5, 0.6) is 0 Å². The minimum atomic E-state index is -0.648. The van der Waals surface area contributed by atoms with Gasteiger partial charge >= 0.3 is 0 Å². The molecule has 0 saturated heterocycles. The molecule has 1 aromatic carbocycles. The van der Waals surface area contributed by atoms with Gasteiger partial charge in [-0.1, -0.05) is 30.3 Å². The molecule has 2 atom stereocenters. The van der Waals surface area contributed by atoms with Gasteiger partial charge in [-0.25, -0.2) is 0 Å². The first kappa shape index (κ1) is 14.6. The predicted molar refractivity (Wildman–Crippen MR) is 68.9 cm³/mol. The van der Waals surface area contributed by atoms with Crippen molar-refractivity contribution in [1.82, 2.24) is 4.90 Å². The average Bonchev–Trinajstić information content (AvgIpc) is 2.30. The van der Waals surface area contributed by atoms with Gasteiger partial charge in [0.15, 0.2) is 0 Å². The van der Waals surface area contributed by atoms with Gasteiger partial charge in [0, 0.05) is 13.7 Å². The second-order valence-electron chi connectivity index (χ2n) is 4.26. The third-order valence-electron chi connectivity index (χ3n) is 2.68. The summed E-state index contributed by atoms with van der Waals surface area (Å²) in [6.07, 6.45) is -0.648. The number of hydrogen-bond donors (Lipinski definition) is 2. The summed E-state index contributed by atoms with van der Waals surface area (Å²) < 4.78 is 4.86. The van der Waals surface area contributed by atoms with Crippen molar-refractivity contribution >= 4 is 5.91 Å². The van der Waals surface area contributed by atoms with Crippen LogP contribution in [0.3, 0.4) is 0 Å². The molecule has 18 heavy (non-hydrogen) atoms. The van der Waals surface area contributed by atoms with Gasteiger partial charge in [-0.3, -0.25) is 9.69 Å². The van der Waals surface area contributed by atoms with E-state index in [0.717, 1.165) is 5.56 Å². The Labute approximate surface area is 107 Å². The van der Waals surface area contributed by atoms with Crippen LogP contribution in [0, 0.1) is 0 Å². The second-order valence-corrected chi connectivity index (χ2v) is 4.26. The number of carbonyl (C=O) groups excluding carboxylic acids is 1. The molecule has 0 saturated carbocycles. The van der Waals surface area contributed by atoms with E-state index in [1.54, 1.807) is 11.9 Å². The molecular formula is C13H20N2O3. The number of benzene rings is 1. The van der Waals surface area contributed by atoms with E-state index in [2.05, 4.69) is 0 Å². The fourth-order valence-corrected chi connectivity index (χ4v) is 1.95. The van der Waals surface area contributed by atoms with Crippen LogP contribution in [-0.4, -0.2) is 49.3 Å². The summed E-state index contributed by atoms with van der Waals surface area (Å²) in [7, 11) is 3.27. The Morgan fingerprint density at radius 2 is 2.06 bits per heavy atom. The first-order valence-electron chi connectivity index (χ1n) is 5.77. The molecule has 1 amide bonds. The molecule has 0 spiro atoms. The number of ether oxygens (including phenoxy) is 1. The first-order chi connectivity index (χ1) is 8.56. The Hall–Kier alpha value is -1.43. The van der Waals surface area contributed by atoms with Gasteiger partial charge in [0.05, 0.1) is 12.7 Å². The zero-order chi connectivity index (χ0) is 13.5. The maximum atomic E-state index is 11.5. The van der Waals surface area contributed by atoms with Gasteiger partial charge in [-0.05, 0) is 12.6 Å². The van der Waals surface area contributed by atoms with Gasteiger partial charge in [-0.2, -0.15) is 0 Å². The van der Waals surface area contributed by atoms with E-state index in [0.29, 0.717) is 6.54 Å². The lowest BCUT2D eigenvalue weighted by molar-refractivity contribution is -0.123. The fourth-order valence-electron chi connectivity index (χ4n) is 1.95. The molecule has 2 unspecified atom stereocenters. The monoisotopic (exact) mass is 252 g/mol. The van der Waals surface area contributed by atoms with Crippen molar-refractivity contribution in [3.63, 3.8) is 0 Å². The van der Waals surface area contributed by atoms with E-state index in [4.69, 9.17) is 10.5 Å². The van der Waals surface area contributed by atoms with Gasteiger partial charge in [0.25, 0.3) is 0 Å². The Balaban J connectivity index is 2.77. The zero-order valence-corrected chi connectivity index (χ0v) is 10.7. The molecule has 0 aliphatic rings. The summed E-state index contributed by atoms with van der Waals surface area (Å²) in [5.74, 6) is -0.437. The fraction of sp³-hybridized carbons (Fsp3) is 0.462. The van der Waals surface area contributed by atoms with Crippen LogP contribution in [0.1, 0.15) is 11.6 Å². The number of carbonyl (C=O) groups is 1. The maximum Gasteiger partial charge on any atom is 0.239 e. The number of primary amides is 1. The number of hydrogen-bond acceptors (Lipinski definition) is 4. The molecule has 3 N–H and O–H groups in total. The predicted octanol–water partition coefficient (Wildman–Crippen LogP) is 0.152. The minimum Gasteiger partial charge on any atom is -0.389 e. The maximum absolute atomic E-state index is 11.5. The highest BCUT2D eigenvalue weighted by molar-refractivity contribution is 5.81. The van der Waals surface area contributed by atoms with E-state index >= 15 is 0 Å². The number of aliphatic hydroxyl groups is 1. The van der Waals surface area contributed by atoms with E-state index in [9.17, 15) is 9.90 Å². The van der Waals surface area contributed by atoms with Crippen molar-refractivity contribution in [1.29, 1.82) is 0 Å². The Morgan fingerprint density at radius 3 is 2.56 bits per heavy atom. The molecule has 0 aromatic heterocycles. The molecule has 100 valence electrons. The lowest BCUT2D eigenvalue weighted by Crippen LogP contribution is -2.40. The smallest absolute Gasteiger partial charge is 0.239 e. The molecule has 0 radical (unpaired) electrons. The van der Waals surface area contributed by atoms with Crippen LogP contribution in [0.25, 0.3) is 0 Å². The minimum absolute atomic E-state index is 0.227.